The van der Waals surface area contributed by atoms with Crippen LogP contribution in [-0.2, 0) is 9.53 Å². The van der Waals surface area contributed by atoms with Crippen molar-refractivity contribution in [1.29, 1.82) is 0 Å². The lowest BCUT2D eigenvalue weighted by atomic mass is 9.76. The maximum Gasteiger partial charge on any atom is 0.161 e. The summed E-state index contributed by atoms with van der Waals surface area (Å²) < 4.78 is 5.40. The molecular weight excluding hydrogens is 188 g/mol. The number of Topliss-reactive ketones (excluding diaryl/α,β-unsaturated/α-hetero) is 1. The lowest BCUT2D eigenvalue weighted by Gasteiger charge is -2.29. The van der Waals surface area contributed by atoms with Gasteiger partial charge in [0, 0.05) is 5.92 Å². The van der Waals surface area contributed by atoms with Crippen LogP contribution in [0.2, 0.25) is 0 Å². The molecular formula is C13H24O2. The van der Waals surface area contributed by atoms with Gasteiger partial charge in [-0.2, -0.15) is 0 Å². The summed E-state index contributed by atoms with van der Waals surface area (Å²) in [5, 5.41) is 0. The van der Waals surface area contributed by atoms with Crippen molar-refractivity contribution in [2.75, 3.05) is 6.61 Å². The monoisotopic (exact) mass is 212 g/mol. The van der Waals surface area contributed by atoms with Crippen molar-refractivity contribution in [3.05, 3.63) is 0 Å². The lowest BCUT2D eigenvalue weighted by molar-refractivity contribution is -0.131. The van der Waals surface area contributed by atoms with Gasteiger partial charge in [-0.05, 0) is 32.6 Å². The normalized spacial score (nSPS) is 26.9. The third-order valence-electron chi connectivity index (χ3n) is 3.41. The minimum Gasteiger partial charge on any atom is -0.371 e. The molecule has 1 aliphatic carbocycles. The Morgan fingerprint density at radius 1 is 1.33 bits per heavy atom. The molecule has 0 spiro atoms. The summed E-state index contributed by atoms with van der Waals surface area (Å²) in [5.41, 5.74) is 0. The van der Waals surface area contributed by atoms with Crippen molar-refractivity contribution in [3.8, 4) is 0 Å². The van der Waals surface area contributed by atoms with Gasteiger partial charge in [-0.3, -0.25) is 4.79 Å². The first-order valence-corrected chi connectivity index (χ1v) is 6.29. The van der Waals surface area contributed by atoms with E-state index in [1.54, 1.807) is 0 Å². The molecule has 0 saturated heterocycles. The molecule has 1 rings (SSSR count). The highest BCUT2D eigenvalue weighted by molar-refractivity contribution is 5.82. The topological polar surface area (TPSA) is 26.3 Å². The number of hydrogen-bond donors (Lipinski definition) is 0. The molecule has 0 bridgehead atoms. The van der Waals surface area contributed by atoms with Gasteiger partial charge in [0.15, 0.2) is 5.78 Å². The smallest absolute Gasteiger partial charge is 0.161 e. The SMILES string of the molecule is CCC1CCCCC1C(=O)COC(C)C. The molecule has 0 radical (unpaired) electrons. The Kier molecular flexibility index (Phi) is 5.30. The third kappa shape index (κ3) is 3.94. The Balaban J connectivity index is 2.41. The molecule has 2 heteroatoms. The molecule has 2 unspecified atom stereocenters. The van der Waals surface area contributed by atoms with E-state index in [0.29, 0.717) is 18.3 Å². The molecule has 2 atom stereocenters. The summed E-state index contributed by atoms with van der Waals surface area (Å²) in [6.07, 6.45) is 6.13. The van der Waals surface area contributed by atoms with Crippen LogP contribution < -0.4 is 0 Å². The standard InChI is InChI=1S/C13H24O2/c1-4-11-7-5-6-8-12(11)13(14)9-15-10(2)3/h10-12H,4-9H2,1-3H3. The van der Waals surface area contributed by atoms with Gasteiger partial charge in [-0.15, -0.1) is 0 Å². The second-order valence-electron chi connectivity index (χ2n) is 4.89. The molecule has 88 valence electrons. The van der Waals surface area contributed by atoms with Crippen LogP contribution >= 0.6 is 0 Å². The molecule has 1 aliphatic rings. The zero-order chi connectivity index (χ0) is 11.3. The number of rotatable bonds is 5. The second-order valence-corrected chi connectivity index (χ2v) is 4.89. The Morgan fingerprint density at radius 3 is 2.60 bits per heavy atom. The van der Waals surface area contributed by atoms with Gasteiger partial charge in [0.05, 0.1) is 6.10 Å². The van der Waals surface area contributed by atoms with Crippen LogP contribution in [0.5, 0.6) is 0 Å². The van der Waals surface area contributed by atoms with Crippen LogP contribution in [0.25, 0.3) is 0 Å². The summed E-state index contributed by atoms with van der Waals surface area (Å²) in [6.45, 7) is 6.47. The number of carbonyl (C=O) groups excluding carboxylic acids is 1. The van der Waals surface area contributed by atoms with E-state index in [1.807, 2.05) is 13.8 Å². The van der Waals surface area contributed by atoms with E-state index < -0.39 is 0 Å². The molecule has 0 aromatic carbocycles. The van der Waals surface area contributed by atoms with Crippen LogP contribution in [0.15, 0.2) is 0 Å². The summed E-state index contributed by atoms with van der Waals surface area (Å²) >= 11 is 0. The van der Waals surface area contributed by atoms with Crippen LogP contribution in [0.3, 0.4) is 0 Å². The quantitative estimate of drug-likeness (QED) is 0.699. The van der Waals surface area contributed by atoms with Gasteiger partial charge in [-0.1, -0.05) is 26.2 Å². The van der Waals surface area contributed by atoms with Crippen LogP contribution in [0, 0.1) is 11.8 Å². The van der Waals surface area contributed by atoms with Gasteiger partial charge < -0.3 is 4.74 Å². The van der Waals surface area contributed by atoms with Crippen LogP contribution in [0.4, 0.5) is 0 Å². The minimum atomic E-state index is 0.164. The average Bonchev–Trinajstić information content (AvgIpc) is 2.25. The van der Waals surface area contributed by atoms with E-state index >= 15 is 0 Å². The Bertz CT molecular complexity index is 199. The number of ketones is 1. The highest BCUT2D eigenvalue weighted by Gasteiger charge is 2.29. The van der Waals surface area contributed by atoms with Gasteiger partial charge >= 0.3 is 0 Å². The van der Waals surface area contributed by atoms with Gasteiger partial charge in [0.1, 0.15) is 6.61 Å². The highest BCUT2D eigenvalue weighted by Crippen LogP contribution is 2.32. The molecule has 0 aromatic heterocycles. The van der Waals surface area contributed by atoms with Crippen LogP contribution in [0.1, 0.15) is 52.9 Å². The van der Waals surface area contributed by atoms with Crippen molar-refractivity contribution in [1.82, 2.24) is 0 Å². The first kappa shape index (κ1) is 12.7. The second kappa shape index (κ2) is 6.26. The van der Waals surface area contributed by atoms with Crippen LogP contribution in [-0.4, -0.2) is 18.5 Å². The molecule has 0 N–H and O–H groups in total. The van der Waals surface area contributed by atoms with E-state index in [-0.39, 0.29) is 12.0 Å². The number of ether oxygens (including phenoxy) is 1. The molecule has 2 nitrogen and oxygen atoms in total. The number of carbonyl (C=O) groups is 1. The third-order valence-corrected chi connectivity index (χ3v) is 3.41. The zero-order valence-electron chi connectivity index (χ0n) is 10.3. The zero-order valence-corrected chi connectivity index (χ0v) is 10.3. The largest absolute Gasteiger partial charge is 0.371 e. The maximum absolute atomic E-state index is 11.9. The van der Waals surface area contributed by atoms with E-state index in [2.05, 4.69) is 6.92 Å². The summed E-state index contributed by atoms with van der Waals surface area (Å²) in [7, 11) is 0. The Hall–Kier alpha value is -0.370. The molecule has 0 aromatic rings. The van der Waals surface area contributed by atoms with Crippen molar-refractivity contribution in [3.63, 3.8) is 0 Å². The fourth-order valence-corrected chi connectivity index (χ4v) is 2.48. The first-order chi connectivity index (χ1) is 7.15. The minimum absolute atomic E-state index is 0.164. The summed E-state index contributed by atoms with van der Waals surface area (Å²) in [4.78, 5) is 11.9. The van der Waals surface area contributed by atoms with E-state index in [9.17, 15) is 4.79 Å². The maximum atomic E-state index is 11.9. The van der Waals surface area contributed by atoms with E-state index in [4.69, 9.17) is 4.74 Å². The molecule has 0 amide bonds. The van der Waals surface area contributed by atoms with Crippen molar-refractivity contribution >= 4 is 5.78 Å². The Labute approximate surface area is 93.4 Å². The van der Waals surface area contributed by atoms with Crippen molar-refractivity contribution in [2.24, 2.45) is 11.8 Å². The predicted molar refractivity (Wildman–Crippen MR) is 61.8 cm³/mol. The van der Waals surface area contributed by atoms with Gasteiger partial charge in [0.2, 0.25) is 0 Å². The average molecular weight is 212 g/mol. The fraction of sp³-hybridized carbons (Fsp3) is 0.923. The number of hydrogen-bond acceptors (Lipinski definition) is 2. The molecule has 15 heavy (non-hydrogen) atoms. The molecule has 1 saturated carbocycles. The summed E-state index contributed by atoms with van der Waals surface area (Å²) in [5.74, 6) is 1.22. The highest BCUT2D eigenvalue weighted by atomic mass is 16.5. The molecule has 1 fully saturated rings. The van der Waals surface area contributed by atoms with E-state index in [1.165, 1.54) is 19.3 Å². The van der Waals surface area contributed by atoms with Gasteiger partial charge in [0.25, 0.3) is 0 Å². The van der Waals surface area contributed by atoms with Crippen molar-refractivity contribution in [2.45, 2.75) is 59.0 Å². The van der Waals surface area contributed by atoms with E-state index in [0.717, 1.165) is 12.8 Å². The van der Waals surface area contributed by atoms with Crippen molar-refractivity contribution < 1.29 is 9.53 Å². The Morgan fingerprint density at radius 2 is 2.00 bits per heavy atom. The van der Waals surface area contributed by atoms with Gasteiger partial charge in [-0.25, -0.2) is 0 Å². The lowest BCUT2D eigenvalue weighted by Crippen LogP contribution is -2.30. The predicted octanol–water partition coefficient (Wildman–Crippen LogP) is 3.20. The fourth-order valence-electron chi connectivity index (χ4n) is 2.48. The first-order valence-electron chi connectivity index (χ1n) is 6.29. The summed E-state index contributed by atoms with van der Waals surface area (Å²) in [6, 6.07) is 0. The molecule has 0 aliphatic heterocycles. The molecule has 0 heterocycles.